The quantitative estimate of drug-likeness (QED) is 0.627. The van der Waals surface area contributed by atoms with E-state index in [-0.39, 0.29) is 26.4 Å². The van der Waals surface area contributed by atoms with Crippen molar-refractivity contribution in [1.29, 1.82) is 0 Å². The van der Waals surface area contributed by atoms with E-state index in [1.807, 2.05) is 12.1 Å². The number of hydrogen-bond donors (Lipinski definition) is 0. The maximum absolute atomic E-state index is 12.7. The largest absolute Gasteiger partial charge is 0.494 e. The van der Waals surface area contributed by atoms with Gasteiger partial charge in [0.2, 0.25) is 0 Å². The predicted molar refractivity (Wildman–Crippen MR) is 92.6 cm³/mol. The second kappa shape index (κ2) is 6.47. The molecule has 0 saturated carbocycles. The number of pyridine rings is 1. The lowest BCUT2D eigenvalue weighted by atomic mass is 10.2. The number of nitrogens with zero attached hydrogens (tertiary/aromatic N) is 1. The van der Waals surface area contributed by atoms with Crippen molar-refractivity contribution in [3.8, 4) is 11.5 Å². The molecule has 3 rings (SSSR count). The molecule has 1 heterocycles. The van der Waals surface area contributed by atoms with Crippen molar-refractivity contribution in [1.82, 2.24) is 4.98 Å². The highest BCUT2D eigenvalue weighted by Crippen LogP contribution is 2.38. The minimum Gasteiger partial charge on any atom is -0.494 e. The SMILES string of the molecule is COc1c(S(=O)(=O)Oc2cccc3cccnc23)ccc(Cl)c1Cl. The van der Waals surface area contributed by atoms with Gasteiger partial charge in [0.15, 0.2) is 11.5 Å². The number of rotatable bonds is 4. The first-order valence-electron chi connectivity index (χ1n) is 6.74. The van der Waals surface area contributed by atoms with Crippen LogP contribution in [0.4, 0.5) is 0 Å². The Morgan fingerprint density at radius 3 is 2.54 bits per heavy atom. The summed E-state index contributed by atoms with van der Waals surface area (Å²) in [4.78, 5) is 3.95. The van der Waals surface area contributed by atoms with Crippen LogP contribution in [-0.4, -0.2) is 20.5 Å². The summed E-state index contributed by atoms with van der Waals surface area (Å²) in [7, 11) is -2.89. The van der Waals surface area contributed by atoms with Crippen molar-refractivity contribution in [2.75, 3.05) is 7.11 Å². The molecule has 0 N–H and O–H groups in total. The Bertz CT molecular complexity index is 1020. The van der Waals surface area contributed by atoms with Crippen molar-refractivity contribution < 1.29 is 17.3 Å². The van der Waals surface area contributed by atoms with Crippen molar-refractivity contribution in [2.24, 2.45) is 0 Å². The molecule has 0 aliphatic carbocycles. The smallest absolute Gasteiger partial charge is 0.343 e. The van der Waals surface area contributed by atoms with Crippen LogP contribution in [0.25, 0.3) is 10.9 Å². The Hall–Kier alpha value is -2.02. The summed E-state index contributed by atoms with van der Waals surface area (Å²) in [6, 6.07) is 11.2. The highest BCUT2D eigenvalue weighted by atomic mass is 35.5. The van der Waals surface area contributed by atoms with E-state index in [4.69, 9.17) is 32.1 Å². The molecule has 24 heavy (non-hydrogen) atoms. The fourth-order valence-corrected chi connectivity index (χ4v) is 3.76. The molecular weight excluding hydrogens is 373 g/mol. The average molecular weight is 384 g/mol. The Balaban J connectivity index is 2.11. The minimum absolute atomic E-state index is 0.000105. The number of para-hydroxylation sites is 1. The zero-order valence-corrected chi connectivity index (χ0v) is 14.7. The first-order chi connectivity index (χ1) is 11.4. The number of halogens is 2. The van der Waals surface area contributed by atoms with Gasteiger partial charge >= 0.3 is 10.1 Å². The van der Waals surface area contributed by atoms with Crippen LogP contribution in [0.1, 0.15) is 0 Å². The number of benzene rings is 2. The van der Waals surface area contributed by atoms with Crippen molar-refractivity contribution in [2.45, 2.75) is 4.90 Å². The molecule has 0 unspecified atom stereocenters. The number of aromatic nitrogens is 1. The van der Waals surface area contributed by atoms with Gasteiger partial charge in [-0.3, -0.25) is 4.98 Å². The van der Waals surface area contributed by atoms with E-state index in [1.165, 1.54) is 25.3 Å². The zero-order valence-electron chi connectivity index (χ0n) is 12.4. The fraction of sp³-hybridized carbons (Fsp3) is 0.0625. The zero-order chi connectivity index (χ0) is 17.3. The molecule has 2 aromatic carbocycles. The minimum atomic E-state index is -4.19. The molecule has 8 heteroatoms. The molecular formula is C16H11Cl2NO4S. The van der Waals surface area contributed by atoms with Crippen molar-refractivity contribution >= 4 is 44.2 Å². The van der Waals surface area contributed by atoms with E-state index in [0.29, 0.717) is 5.52 Å². The van der Waals surface area contributed by atoms with Crippen LogP contribution in [0.3, 0.4) is 0 Å². The molecule has 0 fully saturated rings. The molecule has 0 spiro atoms. The normalized spacial score (nSPS) is 11.5. The summed E-state index contributed by atoms with van der Waals surface area (Å²) in [5, 5.41) is 0.936. The molecule has 0 bridgehead atoms. The molecule has 0 aliphatic heterocycles. The molecule has 0 aliphatic rings. The van der Waals surface area contributed by atoms with Gasteiger partial charge in [0.05, 0.1) is 12.1 Å². The fourth-order valence-electron chi connectivity index (χ4n) is 2.21. The van der Waals surface area contributed by atoms with E-state index >= 15 is 0 Å². The van der Waals surface area contributed by atoms with Gasteiger partial charge in [-0.25, -0.2) is 0 Å². The topological polar surface area (TPSA) is 65.5 Å². The summed E-state index contributed by atoms with van der Waals surface area (Å²) in [6.07, 6.45) is 1.56. The van der Waals surface area contributed by atoms with E-state index in [0.717, 1.165) is 5.39 Å². The standard InChI is InChI=1S/C16H11Cl2NO4S/c1-22-16-13(8-7-11(17)14(16)18)24(20,21)23-12-6-2-4-10-5-3-9-19-15(10)12/h2-9H,1H3. The maximum Gasteiger partial charge on any atom is 0.343 e. The van der Waals surface area contributed by atoms with Gasteiger partial charge in [-0.05, 0) is 24.3 Å². The summed E-state index contributed by atoms with van der Waals surface area (Å²) >= 11 is 11.9. The molecule has 0 saturated heterocycles. The van der Waals surface area contributed by atoms with E-state index in [1.54, 1.807) is 18.3 Å². The van der Waals surface area contributed by atoms with E-state index in [2.05, 4.69) is 4.98 Å². The third-order valence-corrected chi connectivity index (χ3v) is 5.33. The van der Waals surface area contributed by atoms with Crippen LogP contribution in [0.2, 0.25) is 10.0 Å². The second-order valence-corrected chi connectivity index (χ2v) is 7.06. The number of fused-ring (bicyclic) bond motifs is 1. The summed E-state index contributed by atoms with van der Waals surface area (Å²) in [5.74, 6) is 0.0404. The van der Waals surface area contributed by atoms with Crippen LogP contribution in [0.5, 0.6) is 11.5 Å². The van der Waals surface area contributed by atoms with Gasteiger partial charge in [-0.1, -0.05) is 41.4 Å². The number of methoxy groups -OCH3 is 1. The first kappa shape index (κ1) is 16.8. The third kappa shape index (κ3) is 3.00. The molecule has 5 nitrogen and oxygen atoms in total. The molecule has 0 amide bonds. The number of ether oxygens (including phenoxy) is 1. The molecule has 0 atom stereocenters. The lowest BCUT2D eigenvalue weighted by Gasteiger charge is -2.13. The van der Waals surface area contributed by atoms with Crippen LogP contribution in [-0.2, 0) is 10.1 Å². The molecule has 3 aromatic rings. The van der Waals surface area contributed by atoms with Gasteiger partial charge in [0.1, 0.15) is 15.4 Å². The molecule has 0 radical (unpaired) electrons. The highest BCUT2D eigenvalue weighted by molar-refractivity contribution is 7.87. The van der Waals surface area contributed by atoms with Crippen LogP contribution >= 0.6 is 23.2 Å². The van der Waals surface area contributed by atoms with Gasteiger partial charge in [0.25, 0.3) is 0 Å². The molecule has 1 aromatic heterocycles. The average Bonchev–Trinajstić information content (AvgIpc) is 2.57. The summed E-state index contributed by atoms with van der Waals surface area (Å²) in [6.45, 7) is 0. The van der Waals surface area contributed by atoms with Crippen LogP contribution in [0.15, 0.2) is 53.6 Å². The monoisotopic (exact) mass is 383 g/mol. The number of hydrogen-bond acceptors (Lipinski definition) is 5. The van der Waals surface area contributed by atoms with E-state index in [9.17, 15) is 8.42 Å². The highest BCUT2D eigenvalue weighted by Gasteiger charge is 2.26. The second-order valence-electron chi connectivity index (χ2n) is 4.76. The van der Waals surface area contributed by atoms with Crippen LogP contribution < -0.4 is 8.92 Å². The van der Waals surface area contributed by atoms with Gasteiger partial charge in [-0.15, -0.1) is 0 Å². The van der Waals surface area contributed by atoms with Gasteiger partial charge in [-0.2, -0.15) is 8.42 Å². The first-order valence-corrected chi connectivity index (χ1v) is 8.90. The predicted octanol–water partition coefficient (Wildman–Crippen LogP) is 4.32. The summed E-state index contributed by atoms with van der Waals surface area (Å²) in [5.41, 5.74) is 0.433. The van der Waals surface area contributed by atoms with E-state index < -0.39 is 10.1 Å². The van der Waals surface area contributed by atoms with Crippen molar-refractivity contribution in [3.63, 3.8) is 0 Å². The van der Waals surface area contributed by atoms with Gasteiger partial charge in [0, 0.05) is 11.6 Å². The van der Waals surface area contributed by atoms with Crippen LogP contribution in [0, 0.1) is 0 Å². The lowest BCUT2D eigenvalue weighted by molar-refractivity contribution is 0.398. The third-order valence-electron chi connectivity index (χ3n) is 3.28. The van der Waals surface area contributed by atoms with Crippen molar-refractivity contribution in [3.05, 3.63) is 58.7 Å². The molecule has 124 valence electrons. The Kier molecular flexibility index (Phi) is 4.54. The maximum atomic E-state index is 12.7. The summed E-state index contributed by atoms with van der Waals surface area (Å²) < 4.78 is 35.7. The Morgan fingerprint density at radius 2 is 1.79 bits per heavy atom. The lowest BCUT2D eigenvalue weighted by Crippen LogP contribution is -2.12. The van der Waals surface area contributed by atoms with Gasteiger partial charge < -0.3 is 8.92 Å². The Labute approximate surface area is 148 Å². The Morgan fingerprint density at radius 1 is 1.04 bits per heavy atom.